The van der Waals surface area contributed by atoms with Gasteiger partial charge in [0.05, 0.1) is 19.8 Å². The first-order valence-corrected chi connectivity index (χ1v) is 10.6. The molecule has 1 heterocycles. The summed E-state index contributed by atoms with van der Waals surface area (Å²) in [7, 11) is 2.27. The van der Waals surface area contributed by atoms with Crippen molar-refractivity contribution in [2.45, 2.75) is 64.5 Å². The summed E-state index contributed by atoms with van der Waals surface area (Å²) in [5.41, 5.74) is 0.0605. The average molecular weight is 495 g/mol. The number of hydrogen-bond acceptors (Lipinski definition) is 4. The summed E-state index contributed by atoms with van der Waals surface area (Å²) in [6.45, 7) is 14.0. The van der Waals surface area contributed by atoms with Crippen molar-refractivity contribution in [2.75, 3.05) is 59.5 Å². The Morgan fingerprint density at radius 2 is 1.81 bits per heavy atom. The molecule has 2 N–H and O–H groups in total. The zero-order valence-electron chi connectivity index (χ0n) is 17.9. The van der Waals surface area contributed by atoms with Crippen molar-refractivity contribution in [2.24, 2.45) is 4.99 Å². The lowest BCUT2D eigenvalue weighted by atomic mass is 9.94. The fourth-order valence-electron chi connectivity index (χ4n) is 3.94. The molecule has 0 amide bonds. The molecule has 2 rings (SSSR count). The first-order valence-electron chi connectivity index (χ1n) is 10.6. The predicted molar refractivity (Wildman–Crippen MR) is 125 cm³/mol. The lowest BCUT2D eigenvalue weighted by Crippen LogP contribution is -2.52. The number of likely N-dealkylation sites (N-methyl/N-ethyl adjacent to an activating group) is 1. The second-order valence-electron chi connectivity index (χ2n) is 8.31. The van der Waals surface area contributed by atoms with Crippen molar-refractivity contribution in [1.82, 2.24) is 20.4 Å². The predicted octanol–water partition coefficient (Wildman–Crippen LogP) is 2.53. The van der Waals surface area contributed by atoms with Crippen LogP contribution in [0, 0.1) is 0 Å². The summed E-state index contributed by atoms with van der Waals surface area (Å²) in [6, 6.07) is 0.769. The van der Waals surface area contributed by atoms with Gasteiger partial charge in [0.25, 0.3) is 0 Å². The van der Waals surface area contributed by atoms with E-state index in [-0.39, 0.29) is 29.5 Å². The third-order valence-electron chi connectivity index (χ3n) is 5.79. The van der Waals surface area contributed by atoms with Crippen LogP contribution in [0.1, 0.15) is 52.9 Å². The third-order valence-corrected chi connectivity index (χ3v) is 5.79. The SMILES string of the molecule is CCNC(=NCC(C)(C)N1CCOCC1)NCCN(C)C1CCCCC1.I. The fraction of sp³-hybridized carbons (Fsp3) is 0.950. The van der Waals surface area contributed by atoms with E-state index in [1.54, 1.807) is 0 Å². The van der Waals surface area contributed by atoms with Crippen LogP contribution >= 0.6 is 24.0 Å². The minimum Gasteiger partial charge on any atom is -0.379 e. The molecule has 0 radical (unpaired) electrons. The second-order valence-corrected chi connectivity index (χ2v) is 8.31. The molecule has 0 bridgehead atoms. The molecule has 1 aliphatic carbocycles. The van der Waals surface area contributed by atoms with Crippen LogP contribution in [0.2, 0.25) is 0 Å². The zero-order valence-corrected chi connectivity index (χ0v) is 20.3. The van der Waals surface area contributed by atoms with Gasteiger partial charge in [0.2, 0.25) is 0 Å². The van der Waals surface area contributed by atoms with Crippen LogP contribution in [0.3, 0.4) is 0 Å². The highest BCUT2D eigenvalue weighted by Gasteiger charge is 2.28. The monoisotopic (exact) mass is 495 g/mol. The van der Waals surface area contributed by atoms with E-state index < -0.39 is 0 Å². The summed E-state index contributed by atoms with van der Waals surface area (Å²) in [4.78, 5) is 9.87. The Labute approximate surface area is 183 Å². The van der Waals surface area contributed by atoms with E-state index in [9.17, 15) is 0 Å². The normalized spacial score (nSPS) is 20.4. The van der Waals surface area contributed by atoms with E-state index in [4.69, 9.17) is 9.73 Å². The number of hydrogen-bond donors (Lipinski definition) is 2. The highest BCUT2D eigenvalue weighted by molar-refractivity contribution is 14.0. The van der Waals surface area contributed by atoms with Gasteiger partial charge in [-0.2, -0.15) is 0 Å². The quantitative estimate of drug-likeness (QED) is 0.308. The molecule has 2 fully saturated rings. The number of halogens is 1. The maximum Gasteiger partial charge on any atom is 0.191 e. The largest absolute Gasteiger partial charge is 0.379 e. The molecule has 6 nitrogen and oxygen atoms in total. The van der Waals surface area contributed by atoms with Crippen LogP contribution in [0.4, 0.5) is 0 Å². The van der Waals surface area contributed by atoms with Crippen molar-refractivity contribution in [1.29, 1.82) is 0 Å². The molecule has 1 saturated heterocycles. The highest BCUT2D eigenvalue weighted by atomic mass is 127. The topological polar surface area (TPSA) is 52.1 Å². The van der Waals surface area contributed by atoms with Crippen LogP contribution < -0.4 is 10.6 Å². The Morgan fingerprint density at radius 3 is 2.44 bits per heavy atom. The van der Waals surface area contributed by atoms with Crippen LogP contribution in [-0.2, 0) is 4.74 Å². The van der Waals surface area contributed by atoms with E-state index in [2.05, 4.69) is 48.3 Å². The molecule has 27 heavy (non-hydrogen) atoms. The Hall–Kier alpha value is -0.120. The van der Waals surface area contributed by atoms with Crippen molar-refractivity contribution in [3.8, 4) is 0 Å². The average Bonchev–Trinajstić information content (AvgIpc) is 2.67. The third kappa shape index (κ3) is 8.83. The summed E-state index contributed by atoms with van der Waals surface area (Å²) in [6.07, 6.45) is 6.92. The maximum atomic E-state index is 5.48. The van der Waals surface area contributed by atoms with Crippen LogP contribution in [0.15, 0.2) is 4.99 Å². The van der Waals surface area contributed by atoms with E-state index in [0.717, 1.165) is 64.5 Å². The molecule has 1 aliphatic heterocycles. The highest BCUT2D eigenvalue weighted by Crippen LogP contribution is 2.21. The van der Waals surface area contributed by atoms with Gasteiger partial charge in [-0.1, -0.05) is 19.3 Å². The zero-order chi connectivity index (χ0) is 18.8. The molecule has 0 unspecified atom stereocenters. The molecule has 0 atom stereocenters. The van der Waals surface area contributed by atoms with Gasteiger partial charge in [0.1, 0.15) is 0 Å². The lowest BCUT2D eigenvalue weighted by molar-refractivity contribution is -0.00683. The van der Waals surface area contributed by atoms with Crippen LogP contribution in [0.25, 0.3) is 0 Å². The second kappa shape index (κ2) is 13.2. The molecule has 0 aromatic rings. The van der Waals surface area contributed by atoms with E-state index >= 15 is 0 Å². The van der Waals surface area contributed by atoms with Crippen LogP contribution in [0.5, 0.6) is 0 Å². The number of guanidine groups is 1. The maximum absolute atomic E-state index is 5.48. The summed E-state index contributed by atoms with van der Waals surface area (Å²) < 4.78 is 5.48. The smallest absolute Gasteiger partial charge is 0.191 e. The number of nitrogens with one attached hydrogen (secondary N) is 2. The summed E-state index contributed by atoms with van der Waals surface area (Å²) in [5, 5.41) is 6.91. The van der Waals surface area contributed by atoms with Gasteiger partial charge < -0.3 is 20.3 Å². The molecule has 1 saturated carbocycles. The van der Waals surface area contributed by atoms with Gasteiger partial charge in [-0.15, -0.1) is 24.0 Å². The van der Waals surface area contributed by atoms with E-state index in [1.807, 2.05) is 0 Å². The molecule has 0 aromatic carbocycles. The lowest BCUT2D eigenvalue weighted by Gasteiger charge is -2.40. The first-order chi connectivity index (χ1) is 12.5. The summed E-state index contributed by atoms with van der Waals surface area (Å²) in [5.74, 6) is 0.936. The number of aliphatic imine (C=N–C) groups is 1. The van der Waals surface area contributed by atoms with Gasteiger partial charge in [-0.05, 0) is 40.7 Å². The van der Waals surface area contributed by atoms with Gasteiger partial charge in [0.15, 0.2) is 5.96 Å². The van der Waals surface area contributed by atoms with Crippen molar-refractivity contribution in [3.63, 3.8) is 0 Å². The molecular formula is C20H42IN5O. The Kier molecular flexibility index (Phi) is 12.2. The number of morpholine rings is 1. The number of rotatable bonds is 8. The number of nitrogens with zero attached hydrogens (tertiary/aromatic N) is 3. The van der Waals surface area contributed by atoms with Gasteiger partial charge in [-0.3, -0.25) is 9.89 Å². The standard InChI is InChI=1S/C20H41N5O.HI/c1-5-21-19(22-11-12-24(4)18-9-7-6-8-10-18)23-17-20(2,3)25-13-15-26-16-14-25;/h18H,5-17H2,1-4H3,(H2,21,22,23);1H. The Balaban J connectivity index is 0.00000364. The van der Waals surface area contributed by atoms with Gasteiger partial charge >= 0.3 is 0 Å². The Morgan fingerprint density at radius 1 is 1.15 bits per heavy atom. The fourth-order valence-corrected chi connectivity index (χ4v) is 3.94. The van der Waals surface area contributed by atoms with Gasteiger partial charge in [0, 0.05) is 44.3 Å². The molecule has 7 heteroatoms. The van der Waals surface area contributed by atoms with Crippen molar-refractivity contribution in [3.05, 3.63) is 0 Å². The van der Waals surface area contributed by atoms with Crippen LogP contribution in [-0.4, -0.2) is 86.9 Å². The Bertz CT molecular complexity index is 421. The first kappa shape index (κ1) is 24.9. The summed E-state index contributed by atoms with van der Waals surface area (Å²) >= 11 is 0. The van der Waals surface area contributed by atoms with E-state index in [0.29, 0.717) is 0 Å². The molecule has 0 spiro atoms. The molecule has 2 aliphatic rings. The van der Waals surface area contributed by atoms with Gasteiger partial charge in [-0.25, -0.2) is 0 Å². The molecular weight excluding hydrogens is 453 g/mol. The van der Waals surface area contributed by atoms with Crippen molar-refractivity contribution >= 4 is 29.9 Å². The van der Waals surface area contributed by atoms with E-state index in [1.165, 1.54) is 32.1 Å². The minimum absolute atomic E-state index is 0. The number of ether oxygens (including phenoxy) is 1. The van der Waals surface area contributed by atoms with Crippen molar-refractivity contribution < 1.29 is 4.74 Å². The molecule has 160 valence electrons. The minimum atomic E-state index is 0. The molecule has 0 aromatic heterocycles.